The van der Waals surface area contributed by atoms with Crippen molar-refractivity contribution in [2.45, 2.75) is 20.8 Å². The number of nitrogens with zero attached hydrogens (tertiary/aromatic N) is 1. The minimum absolute atomic E-state index is 0.231. The average molecular weight is 385 g/mol. The van der Waals surface area contributed by atoms with Crippen molar-refractivity contribution in [2.24, 2.45) is 0 Å². The lowest BCUT2D eigenvalue weighted by molar-refractivity contribution is -0.136. The Labute approximate surface area is 163 Å². The zero-order chi connectivity index (χ0) is 19.7. The van der Waals surface area contributed by atoms with Crippen LogP contribution in [-0.2, 0) is 9.59 Å². The van der Waals surface area contributed by atoms with E-state index in [2.05, 4.69) is 5.32 Å². The molecule has 140 valence electrons. The summed E-state index contributed by atoms with van der Waals surface area (Å²) in [5.74, 6) is -0.139. The van der Waals surface area contributed by atoms with Crippen LogP contribution in [0, 0.1) is 13.8 Å². The summed E-state index contributed by atoms with van der Waals surface area (Å²) in [4.78, 5) is 27.1. The van der Waals surface area contributed by atoms with E-state index >= 15 is 0 Å². The van der Waals surface area contributed by atoms with Gasteiger partial charge in [0.25, 0.3) is 11.8 Å². The Morgan fingerprint density at radius 3 is 2.44 bits per heavy atom. The summed E-state index contributed by atoms with van der Waals surface area (Å²) in [5, 5.41) is 3.59. The van der Waals surface area contributed by atoms with Crippen molar-refractivity contribution < 1.29 is 14.3 Å². The number of amides is 2. The molecule has 0 fully saturated rings. The van der Waals surface area contributed by atoms with Gasteiger partial charge >= 0.3 is 0 Å². The van der Waals surface area contributed by atoms with Crippen molar-refractivity contribution in [3.8, 4) is 5.75 Å². The molecule has 1 heterocycles. The number of halogens is 1. The van der Waals surface area contributed by atoms with Crippen LogP contribution in [0.4, 0.5) is 5.69 Å². The molecule has 0 aliphatic carbocycles. The highest BCUT2D eigenvalue weighted by atomic mass is 35.5. The Kier molecular flexibility index (Phi) is 5.24. The number of carbonyl (C=O) groups is 2. The molecule has 0 saturated carbocycles. The summed E-state index contributed by atoms with van der Waals surface area (Å²) in [7, 11) is 1.54. The molecule has 0 saturated heterocycles. The van der Waals surface area contributed by atoms with Crippen LogP contribution < -0.4 is 10.1 Å². The summed E-state index contributed by atoms with van der Waals surface area (Å²) in [5.41, 5.74) is 3.88. The second kappa shape index (κ2) is 7.45. The first-order chi connectivity index (χ1) is 12.9. The highest BCUT2D eigenvalue weighted by Gasteiger charge is 2.39. The maximum absolute atomic E-state index is 13.0. The van der Waals surface area contributed by atoms with Crippen LogP contribution in [-0.4, -0.2) is 30.4 Å². The van der Waals surface area contributed by atoms with Gasteiger partial charge < -0.3 is 10.1 Å². The lowest BCUT2D eigenvalue weighted by Gasteiger charge is -2.14. The van der Waals surface area contributed by atoms with Gasteiger partial charge in [-0.05, 0) is 50.1 Å². The molecule has 0 bridgehead atoms. The van der Waals surface area contributed by atoms with Crippen molar-refractivity contribution in [3.05, 3.63) is 63.8 Å². The van der Waals surface area contributed by atoms with E-state index in [1.807, 2.05) is 32.0 Å². The van der Waals surface area contributed by atoms with E-state index < -0.39 is 0 Å². The number of hydrogen-bond donors (Lipinski definition) is 1. The molecule has 0 spiro atoms. The Balaban J connectivity index is 2.18. The third-order valence-electron chi connectivity index (χ3n) is 4.56. The van der Waals surface area contributed by atoms with Gasteiger partial charge in [0.1, 0.15) is 11.4 Å². The predicted octanol–water partition coefficient (Wildman–Crippen LogP) is 4.18. The zero-order valence-electron chi connectivity index (χ0n) is 15.7. The lowest BCUT2D eigenvalue weighted by atomic mass is 9.97. The molecule has 1 aliphatic heterocycles. The normalized spacial score (nSPS) is 14.2. The summed E-state index contributed by atoms with van der Waals surface area (Å²) >= 11 is 6.10. The maximum Gasteiger partial charge on any atom is 0.278 e. The van der Waals surface area contributed by atoms with E-state index in [0.717, 1.165) is 16.7 Å². The molecule has 0 aromatic heterocycles. The highest BCUT2D eigenvalue weighted by molar-refractivity contribution is 6.37. The fraction of sp³-hybridized carbons (Fsp3) is 0.238. The van der Waals surface area contributed by atoms with E-state index in [0.29, 0.717) is 28.6 Å². The number of nitrogens with one attached hydrogen (secondary N) is 1. The van der Waals surface area contributed by atoms with Gasteiger partial charge in [0.05, 0.1) is 18.4 Å². The number of hydrogen-bond acceptors (Lipinski definition) is 4. The van der Waals surface area contributed by atoms with Gasteiger partial charge in [-0.2, -0.15) is 0 Å². The minimum atomic E-state index is -0.362. The van der Waals surface area contributed by atoms with Gasteiger partial charge in [-0.15, -0.1) is 0 Å². The van der Waals surface area contributed by atoms with Crippen LogP contribution in [0.15, 0.2) is 42.1 Å². The SMILES string of the molecule is CCN1C(=O)C(Nc2cc(Cl)ccc2OC)=C(c2ccc(C)cc2C)C1=O. The molecular weight excluding hydrogens is 364 g/mol. The van der Waals surface area contributed by atoms with Gasteiger partial charge in [0.15, 0.2) is 0 Å². The smallest absolute Gasteiger partial charge is 0.278 e. The first kappa shape index (κ1) is 19.0. The quantitative estimate of drug-likeness (QED) is 0.786. The maximum atomic E-state index is 13.0. The van der Waals surface area contributed by atoms with Crippen molar-refractivity contribution >= 4 is 34.7 Å². The first-order valence-electron chi connectivity index (χ1n) is 8.66. The molecule has 27 heavy (non-hydrogen) atoms. The first-order valence-corrected chi connectivity index (χ1v) is 9.03. The molecule has 2 aromatic carbocycles. The highest BCUT2D eigenvalue weighted by Crippen LogP contribution is 2.35. The molecule has 0 atom stereocenters. The van der Waals surface area contributed by atoms with Crippen LogP contribution in [0.3, 0.4) is 0 Å². The monoisotopic (exact) mass is 384 g/mol. The standard InChI is InChI=1S/C21H21ClN2O3/c1-5-24-20(25)18(15-8-6-12(2)10-13(15)3)19(21(24)26)23-16-11-14(22)7-9-17(16)27-4/h6-11,23H,5H2,1-4H3. The van der Waals surface area contributed by atoms with Crippen LogP contribution in [0.1, 0.15) is 23.6 Å². The molecule has 1 N–H and O–H groups in total. The van der Waals surface area contributed by atoms with E-state index in [1.54, 1.807) is 25.1 Å². The molecule has 0 radical (unpaired) electrons. The van der Waals surface area contributed by atoms with Crippen molar-refractivity contribution in [3.63, 3.8) is 0 Å². The van der Waals surface area contributed by atoms with E-state index in [1.165, 1.54) is 12.0 Å². The zero-order valence-corrected chi connectivity index (χ0v) is 16.5. The topological polar surface area (TPSA) is 58.6 Å². The number of aryl methyl sites for hydroxylation is 2. The second-order valence-electron chi connectivity index (χ2n) is 6.39. The largest absolute Gasteiger partial charge is 0.495 e. The van der Waals surface area contributed by atoms with Crippen LogP contribution in [0.5, 0.6) is 5.75 Å². The molecule has 2 amide bonds. The number of ether oxygens (including phenoxy) is 1. The van der Waals surface area contributed by atoms with Gasteiger partial charge in [-0.25, -0.2) is 0 Å². The van der Waals surface area contributed by atoms with Gasteiger partial charge in [0.2, 0.25) is 0 Å². The van der Waals surface area contributed by atoms with E-state index in [9.17, 15) is 9.59 Å². The number of likely N-dealkylation sites (N-methyl/N-ethyl adjacent to an activating group) is 1. The third-order valence-corrected chi connectivity index (χ3v) is 4.79. The molecule has 6 heteroatoms. The van der Waals surface area contributed by atoms with Gasteiger partial charge in [0, 0.05) is 11.6 Å². The fourth-order valence-electron chi connectivity index (χ4n) is 3.24. The van der Waals surface area contributed by atoms with Gasteiger partial charge in [-0.3, -0.25) is 14.5 Å². The summed E-state index contributed by atoms with van der Waals surface area (Å²) in [6.45, 7) is 5.99. The Morgan fingerprint density at radius 2 is 1.81 bits per heavy atom. The van der Waals surface area contributed by atoms with Crippen molar-refractivity contribution in [1.29, 1.82) is 0 Å². The molecule has 1 aliphatic rings. The number of methoxy groups -OCH3 is 1. The predicted molar refractivity (Wildman–Crippen MR) is 107 cm³/mol. The molecular formula is C21H21ClN2O3. The van der Waals surface area contributed by atoms with Gasteiger partial charge in [-0.1, -0.05) is 35.4 Å². The molecule has 5 nitrogen and oxygen atoms in total. The lowest BCUT2D eigenvalue weighted by Crippen LogP contribution is -2.32. The van der Waals surface area contributed by atoms with Crippen LogP contribution in [0.2, 0.25) is 5.02 Å². The summed E-state index contributed by atoms with van der Waals surface area (Å²) in [6, 6.07) is 10.9. The fourth-order valence-corrected chi connectivity index (χ4v) is 3.41. The number of benzene rings is 2. The van der Waals surface area contributed by atoms with Crippen molar-refractivity contribution in [2.75, 3.05) is 19.0 Å². The Bertz CT molecular complexity index is 966. The Hall–Kier alpha value is -2.79. The number of carbonyl (C=O) groups excluding carboxylic acids is 2. The summed E-state index contributed by atoms with van der Waals surface area (Å²) < 4.78 is 5.35. The number of imide groups is 1. The summed E-state index contributed by atoms with van der Waals surface area (Å²) in [6.07, 6.45) is 0. The molecule has 3 rings (SSSR count). The Morgan fingerprint density at radius 1 is 1.07 bits per heavy atom. The third kappa shape index (κ3) is 3.43. The number of anilines is 1. The average Bonchev–Trinajstić information content (AvgIpc) is 2.85. The minimum Gasteiger partial charge on any atom is -0.495 e. The van der Waals surface area contributed by atoms with Crippen LogP contribution in [0.25, 0.3) is 5.57 Å². The molecule has 0 unspecified atom stereocenters. The second-order valence-corrected chi connectivity index (χ2v) is 6.83. The van der Waals surface area contributed by atoms with E-state index in [-0.39, 0.29) is 17.5 Å². The molecule has 2 aromatic rings. The van der Waals surface area contributed by atoms with Crippen LogP contribution >= 0.6 is 11.6 Å². The number of rotatable bonds is 5. The van der Waals surface area contributed by atoms with Crippen molar-refractivity contribution in [1.82, 2.24) is 4.90 Å². The van der Waals surface area contributed by atoms with E-state index in [4.69, 9.17) is 16.3 Å².